The number of nitrogens with one attached hydrogen (secondary N) is 1. The van der Waals surface area contributed by atoms with Gasteiger partial charge in [-0.05, 0) is 30.7 Å². The standard InChI is InChI=1S/C18H25ClFN3O3/c1-4-23-8-7-15(16(23)12-5-6-13(19)14(20)9-12)21-18(26)22(3)10-11(2)17(24)25/h5-6,9,11,15-16H,4,7-8,10H2,1-3H3,(H,21,26)(H,24,25). The lowest BCUT2D eigenvalue weighted by Gasteiger charge is -2.30. The molecule has 2 rings (SSSR count). The monoisotopic (exact) mass is 385 g/mol. The molecule has 0 radical (unpaired) electrons. The number of likely N-dealkylation sites (tertiary alicyclic amines) is 1. The fourth-order valence-electron chi connectivity index (χ4n) is 3.34. The van der Waals surface area contributed by atoms with Crippen LogP contribution in [0.25, 0.3) is 0 Å². The van der Waals surface area contributed by atoms with Gasteiger partial charge in [-0.3, -0.25) is 9.69 Å². The van der Waals surface area contributed by atoms with E-state index in [1.807, 2.05) is 6.92 Å². The SMILES string of the molecule is CCN1CCC(NC(=O)N(C)CC(C)C(=O)O)C1c1ccc(Cl)c(F)c1. The van der Waals surface area contributed by atoms with E-state index in [4.69, 9.17) is 16.7 Å². The first-order valence-electron chi connectivity index (χ1n) is 8.68. The van der Waals surface area contributed by atoms with Gasteiger partial charge >= 0.3 is 12.0 Å². The van der Waals surface area contributed by atoms with E-state index in [2.05, 4.69) is 10.2 Å². The number of urea groups is 1. The lowest BCUT2D eigenvalue weighted by Crippen LogP contribution is -2.47. The van der Waals surface area contributed by atoms with Crippen molar-refractivity contribution in [2.45, 2.75) is 32.4 Å². The number of carbonyl (C=O) groups excluding carboxylic acids is 1. The van der Waals surface area contributed by atoms with Crippen LogP contribution in [0, 0.1) is 11.7 Å². The largest absolute Gasteiger partial charge is 0.481 e. The van der Waals surface area contributed by atoms with Crippen LogP contribution in [-0.2, 0) is 4.79 Å². The molecule has 0 bridgehead atoms. The number of carbonyl (C=O) groups is 2. The fourth-order valence-corrected chi connectivity index (χ4v) is 3.46. The molecule has 8 heteroatoms. The Labute approximate surface area is 157 Å². The molecule has 1 heterocycles. The smallest absolute Gasteiger partial charge is 0.317 e. The number of rotatable bonds is 6. The Kier molecular flexibility index (Phi) is 6.83. The summed E-state index contributed by atoms with van der Waals surface area (Å²) in [5.74, 6) is -2.08. The molecule has 3 unspecified atom stereocenters. The number of carboxylic acids is 1. The van der Waals surface area contributed by atoms with Crippen molar-refractivity contribution in [1.29, 1.82) is 0 Å². The first-order valence-corrected chi connectivity index (χ1v) is 9.05. The van der Waals surface area contributed by atoms with Crippen molar-refractivity contribution in [3.8, 4) is 0 Å². The predicted octanol–water partition coefficient (Wildman–Crippen LogP) is 2.98. The van der Waals surface area contributed by atoms with Crippen molar-refractivity contribution < 1.29 is 19.1 Å². The molecular weight excluding hydrogens is 361 g/mol. The molecule has 1 aromatic carbocycles. The summed E-state index contributed by atoms with van der Waals surface area (Å²) >= 11 is 5.78. The van der Waals surface area contributed by atoms with Crippen LogP contribution in [0.3, 0.4) is 0 Å². The van der Waals surface area contributed by atoms with Crippen LogP contribution in [0.4, 0.5) is 9.18 Å². The van der Waals surface area contributed by atoms with Gasteiger partial charge in [0.25, 0.3) is 0 Å². The highest BCUT2D eigenvalue weighted by molar-refractivity contribution is 6.30. The second kappa shape index (κ2) is 8.68. The van der Waals surface area contributed by atoms with Crippen LogP contribution in [0.15, 0.2) is 18.2 Å². The van der Waals surface area contributed by atoms with Gasteiger partial charge in [-0.25, -0.2) is 9.18 Å². The fraction of sp³-hybridized carbons (Fsp3) is 0.556. The highest BCUT2D eigenvalue weighted by atomic mass is 35.5. The number of halogens is 2. The van der Waals surface area contributed by atoms with Gasteiger partial charge in [0.05, 0.1) is 23.0 Å². The van der Waals surface area contributed by atoms with Crippen molar-refractivity contribution in [2.24, 2.45) is 5.92 Å². The van der Waals surface area contributed by atoms with Gasteiger partial charge in [-0.15, -0.1) is 0 Å². The summed E-state index contributed by atoms with van der Waals surface area (Å²) in [6.45, 7) is 5.24. The molecule has 0 aliphatic carbocycles. The lowest BCUT2D eigenvalue weighted by molar-refractivity contribution is -0.141. The van der Waals surface area contributed by atoms with Gasteiger partial charge in [0.1, 0.15) is 5.82 Å². The van der Waals surface area contributed by atoms with E-state index in [1.54, 1.807) is 20.0 Å². The Morgan fingerprint density at radius 3 is 2.77 bits per heavy atom. The van der Waals surface area contributed by atoms with E-state index in [0.29, 0.717) is 0 Å². The molecule has 1 aliphatic heterocycles. The number of amides is 2. The van der Waals surface area contributed by atoms with Crippen molar-refractivity contribution in [3.63, 3.8) is 0 Å². The summed E-state index contributed by atoms with van der Waals surface area (Å²) in [6.07, 6.45) is 0.733. The maximum atomic E-state index is 13.9. The lowest BCUT2D eigenvalue weighted by atomic mass is 10.00. The Morgan fingerprint density at radius 1 is 1.50 bits per heavy atom. The molecule has 2 amide bonds. The molecule has 0 spiro atoms. The minimum Gasteiger partial charge on any atom is -0.481 e. The molecule has 144 valence electrons. The summed E-state index contributed by atoms with van der Waals surface area (Å²) in [6, 6.07) is 4.04. The maximum Gasteiger partial charge on any atom is 0.317 e. The average molecular weight is 386 g/mol. The van der Waals surface area contributed by atoms with Crippen molar-refractivity contribution >= 4 is 23.6 Å². The third kappa shape index (κ3) is 4.65. The van der Waals surface area contributed by atoms with Crippen molar-refractivity contribution in [1.82, 2.24) is 15.1 Å². The van der Waals surface area contributed by atoms with Crippen LogP contribution >= 0.6 is 11.6 Å². The van der Waals surface area contributed by atoms with Gasteiger partial charge in [0, 0.05) is 20.1 Å². The van der Waals surface area contributed by atoms with Gasteiger partial charge < -0.3 is 15.3 Å². The third-order valence-electron chi connectivity index (χ3n) is 4.82. The Bertz CT molecular complexity index is 673. The number of benzene rings is 1. The molecule has 0 saturated carbocycles. The molecule has 1 aliphatic rings. The Balaban J connectivity index is 2.12. The minimum atomic E-state index is -0.947. The van der Waals surface area contributed by atoms with Crippen LogP contribution in [-0.4, -0.2) is 59.6 Å². The normalized spacial score (nSPS) is 21.4. The van der Waals surface area contributed by atoms with Crippen molar-refractivity contribution in [2.75, 3.05) is 26.7 Å². The van der Waals surface area contributed by atoms with Crippen molar-refractivity contribution in [3.05, 3.63) is 34.6 Å². The van der Waals surface area contributed by atoms with E-state index in [9.17, 15) is 14.0 Å². The topological polar surface area (TPSA) is 72.9 Å². The molecule has 2 N–H and O–H groups in total. The van der Waals surface area contributed by atoms with Gasteiger partial charge in [0.15, 0.2) is 0 Å². The number of hydrogen-bond donors (Lipinski definition) is 2. The molecule has 26 heavy (non-hydrogen) atoms. The summed E-state index contributed by atoms with van der Waals surface area (Å²) in [4.78, 5) is 27.0. The van der Waals surface area contributed by atoms with Gasteiger partial charge in [0.2, 0.25) is 0 Å². The number of hydrogen-bond acceptors (Lipinski definition) is 3. The van der Waals surface area contributed by atoms with Crippen LogP contribution in [0.2, 0.25) is 5.02 Å². The first-order chi connectivity index (χ1) is 12.2. The molecule has 3 atom stereocenters. The second-order valence-corrected chi connectivity index (χ2v) is 7.12. The number of likely N-dealkylation sites (N-methyl/N-ethyl adjacent to an activating group) is 1. The zero-order valence-corrected chi connectivity index (χ0v) is 16.0. The van der Waals surface area contributed by atoms with Crippen LogP contribution in [0.5, 0.6) is 0 Å². The highest BCUT2D eigenvalue weighted by Gasteiger charge is 2.36. The average Bonchev–Trinajstić information content (AvgIpc) is 2.99. The Morgan fingerprint density at radius 2 is 2.19 bits per heavy atom. The minimum absolute atomic E-state index is 0.0674. The number of nitrogens with zero attached hydrogens (tertiary/aromatic N) is 2. The number of aliphatic carboxylic acids is 1. The van der Waals surface area contributed by atoms with Crippen LogP contribution in [0.1, 0.15) is 31.9 Å². The molecule has 1 saturated heterocycles. The quantitative estimate of drug-likeness (QED) is 0.789. The molecule has 1 fully saturated rings. The summed E-state index contributed by atoms with van der Waals surface area (Å²) < 4.78 is 13.9. The van der Waals surface area contributed by atoms with Gasteiger partial charge in [-0.1, -0.05) is 31.5 Å². The first kappa shape index (κ1) is 20.5. The van der Waals surface area contributed by atoms with E-state index >= 15 is 0 Å². The summed E-state index contributed by atoms with van der Waals surface area (Å²) in [5, 5.41) is 12.0. The molecule has 6 nitrogen and oxygen atoms in total. The second-order valence-electron chi connectivity index (χ2n) is 6.71. The zero-order chi connectivity index (χ0) is 19.4. The highest BCUT2D eigenvalue weighted by Crippen LogP contribution is 2.33. The predicted molar refractivity (Wildman–Crippen MR) is 97.8 cm³/mol. The van der Waals surface area contributed by atoms with E-state index < -0.39 is 17.7 Å². The Hall–Kier alpha value is -1.86. The third-order valence-corrected chi connectivity index (χ3v) is 5.12. The zero-order valence-electron chi connectivity index (χ0n) is 15.2. The maximum absolute atomic E-state index is 13.9. The molecular formula is C18H25ClFN3O3. The number of carboxylic acid groups (broad SMARTS) is 1. The van der Waals surface area contributed by atoms with E-state index in [1.165, 1.54) is 17.0 Å². The summed E-state index contributed by atoms with van der Waals surface area (Å²) in [7, 11) is 1.57. The summed E-state index contributed by atoms with van der Waals surface area (Å²) in [5.41, 5.74) is 0.762. The van der Waals surface area contributed by atoms with Gasteiger partial charge in [-0.2, -0.15) is 0 Å². The van der Waals surface area contributed by atoms with Crippen LogP contribution < -0.4 is 5.32 Å². The van der Waals surface area contributed by atoms with E-state index in [-0.39, 0.29) is 29.7 Å². The molecule has 1 aromatic rings. The molecule has 0 aromatic heterocycles. The van der Waals surface area contributed by atoms with E-state index in [0.717, 1.165) is 25.1 Å².